The highest BCUT2D eigenvalue weighted by molar-refractivity contribution is 5.28. The zero-order valence-corrected chi connectivity index (χ0v) is 7.93. The van der Waals surface area contributed by atoms with E-state index in [1.54, 1.807) is 6.20 Å². The molecule has 0 bridgehead atoms. The molecule has 72 valence electrons. The fourth-order valence-corrected chi connectivity index (χ4v) is 1.62. The number of hydrogen-bond donors (Lipinski definition) is 1. The molecule has 1 atom stereocenters. The fourth-order valence-electron chi connectivity index (χ4n) is 1.62. The van der Waals surface area contributed by atoms with Gasteiger partial charge in [0.05, 0.1) is 6.61 Å². The fraction of sp³-hybridized carbons (Fsp3) is 0.250. The Morgan fingerprint density at radius 2 is 2.29 bits per heavy atom. The van der Waals surface area contributed by atoms with Crippen LogP contribution in [0.5, 0.6) is 0 Å². The van der Waals surface area contributed by atoms with Crippen LogP contribution in [0.25, 0.3) is 0 Å². The molecule has 0 amide bonds. The average Bonchev–Trinajstić information content (AvgIpc) is 2.30. The Balaban J connectivity index is 2.23. The minimum absolute atomic E-state index is 0.0626. The summed E-state index contributed by atoms with van der Waals surface area (Å²) in [6, 6.07) is 2.02. The monoisotopic (exact) mass is 187 g/mol. The van der Waals surface area contributed by atoms with Crippen molar-refractivity contribution in [3.8, 4) is 0 Å². The quantitative estimate of drug-likeness (QED) is 0.769. The molecule has 1 aromatic rings. The lowest BCUT2D eigenvalue weighted by molar-refractivity contribution is 0.281. The van der Waals surface area contributed by atoms with E-state index in [9.17, 15) is 0 Å². The molecule has 1 aliphatic rings. The Hall–Kier alpha value is -1.41. The van der Waals surface area contributed by atoms with Crippen LogP contribution >= 0.6 is 0 Å². The topological polar surface area (TPSA) is 33.1 Å². The Labute approximate surface area is 83.6 Å². The van der Waals surface area contributed by atoms with E-state index < -0.39 is 0 Å². The number of aromatic nitrogens is 1. The third-order valence-corrected chi connectivity index (χ3v) is 2.41. The van der Waals surface area contributed by atoms with E-state index in [1.165, 1.54) is 5.56 Å². The molecule has 1 N–H and O–H groups in total. The van der Waals surface area contributed by atoms with E-state index in [4.69, 9.17) is 5.11 Å². The smallest absolute Gasteiger partial charge is 0.0696 e. The van der Waals surface area contributed by atoms with Gasteiger partial charge in [-0.05, 0) is 23.6 Å². The number of aliphatic hydroxyl groups is 1. The van der Waals surface area contributed by atoms with Crippen molar-refractivity contribution in [3.05, 3.63) is 53.9 Å². The van der Waals surface area contributed by atoms with E-state index in [0.717, 1.165) is 12.0 Å². The lowest BCUT2D eigenvalue weighted by atomic mass is 9.93. The van der Waals surface area contributed by atoms with Crippen LogP contribution < -0.4 is 0 Å². The van der Waals surface area contributed by atoms with Crippen LogP contribution in [0.2, 0.25) is 0 Å². The normalized spacial score (nSPS) is 19.9. The van der Waals surface area contributed by atoms with Gasteiger partial charge < -0.3 is 5.11 Å². The number of nitrogens with zero attached hydrogens (tertiary/aromatic N) is 1. The van der Waals surface area contributed by atoms with Crippen LogP contribution in [0.15, 0.2) is 42.8 Å². The van der Waals surface area contributed by atoms with Crippen LogP contribution in [-0.4, -0.2) is 10.1 Å². The molecule has 1 heterocycles. The van der Waals surface area contributed by atoms with Gasteiger partial charge in [0.15, 0.2) is 0 Å². The van der Waals surface area contributed by atoms with Crippen molar-refractivity contribution in [2.75, 3.05) is 0 Å². The van der Waals surface area contributed by atoms with E-state index in [1.807, 2.05) is 12.3 Å². The van der Waals surface area contributed by atoms with Crippen LogP contribution in [-0.2, 0) is 6.61 Å². The van der Waals surface area contributed by atoms with Gasteiger partial charge in [-0.3, -0.25) is 4.98 Å². The molecule has 1 aromatic heterocycles. The van der Waals surface area contributed by atoms with Gasteiger partial charge in [-0.25, -0.2) is 0 Å². The lowest BCUT2D eigenvalue weighted by Gasteiger charge is -2.13. The molecule has 0 radical (unpaired) electrons. The Bertz CT molecular complexity index is 368. The molecule has 2 heteroatoms. The number of rotatable bonds is 2. The SMILES string of the molecule is OCc1cncc(C2C=CC=CC2)c1. The van der Waals surface area contributed by atoms with E-state index in [2.05, 4.69) is 29.3 Å². The van der Waals surface area contributed by atoms with Crippen molar-refractivity contribution < 1.29 is 5.11 Å². The van der Waals surface area contributed by atoms with Crippen molar-refractivity contribution in [2.24, 2.45) is 0 Å². The molecule has 14 heavy (non-hydrogen) atoms. The largest absolute Gasteiger partial charge is 0.392 e. The molecule has 1 unspecified atom stereocenters. The first kappa shape index (κ1) is 9.16. The summed E-state index contributed by atoms with van der Waals surface area (Å²) >= 11 is 0. The van der Waals surface area contributed by atoms with Gasteiger partial charge >= 0.3 is 0 Å². The second-order valence-electron chi connectivity index (χ2n) is 3.44. The number of hydrogen-bond acceptors (Lipinski definition) is 2. The van der Waals surface area contributed by atoms with Crippen molar-refractivity contribution in [3.63, 3.8) is 0 Å². The zero-order chi connectivity index (χ0) is 9.80. The first-order valence-corrected chi connectivity index (χ1v) is 4.78. The van der Waals surface area contributed by atoms with Gasteiger partial charge in [-0.1, -0.05) is 24.3 Å². The predicted octanol–water partition coefficient (Wildman–Crippen LogP) is 2.17. The van der Waals surface area contributed by atoms with Gasteiger partial charge in [0.2, 0.25) is 0 Å². The minimum Gasteiger partial charge on any atom is -0.392 e. The van der Waals surface area contributed by atoms with Crippen molar-refractivity contribution in [1.82, 2.24) is 4.98 Å². The van der Waals surface area contributed by atoms with E-state index >= 15 is 0 Å². The second-order valence-corrected chi connectivity index (χ2v) is 3.44. The minimum atomic E-state index is 0.0626. The molecule has 0 saturated carbocycles. The third-order valence-electron chi connectivity index (χ3n) is 2.41. The molecule has 0 fully saturated rings. The molecule has 1 aliphatic carbocycles. The summed E-state index contributed by atoms with van der Waals surface area (Å²) in [6.07, 6.45) is 13.0. The van der Waals surface area contributed by atoms with Crippen LogP contribution in [0, 0.1) is 0 Å². The highest BCUT2D eigenvalue weighted by atomic mass is 16.3. The predicted molar refractivity (Wildman–Crippen MR) is 55.8 cm³/mol. The molecule has 2 rings (SSSR count). The van der Waals surface area contributed by atoms with E-state index in [0.29, 0.717) is 5.92 Å². The summed E-state index contributed by atoms with van der Waals surface area (Å²) in [7, 11) is 0. The standard InChI is InChI=1S/C12H13NO/c14-9-10-6-12(8-13-7-10)11-4-2-1-3-5-11/h1-4,6-8,11,14H,5,9H2. The van der Waals surface area contributed by atoms with Crippen molar-refractivity contribution in [2.45, 2.75) is 18.9 Å². The highest BCUT2D eigenvalue weighted by Crippen LogP contribution is 2.24. The molecular formula is C12H13NO. The molecule has 0 aromatic carbocycles. The van der Waals surface area contributed by atoms with Crippen LogP contribution in [0.4, 0.5) is 0 Å². The van der Waals surface area contributed by atoms with Gasteiger partial charge in [0.25, 0.3) is 0 Å². The first-order valence-electron chi connectivity index (χ1n) is 4.78. The Kier molecular flexibility index (Phi) is 2.75. The van der Waals surface area contributed by atoms with Crippen LogP contribution in [0.1, 0.15) is 23.5 Å². The summed E-state index contributed by atoms with van der Waals surface area (Å²) in [6.45, 7) is 0.0626. The summed E-state index contributed by atoms with van der Waals surface area (Å²) in [5, 5.41) is 8.99. The van der Waals surface area contributed by atoms with Crippen molar-refractivity contribution >= 4 is 0 Å². The molecule has 0 spiro atoms. The molecule has 2 nitrogen and oxygen atoms in total. The Morgan fingerprint density at radius 3 is 3.00 bits per heavy atom. The van der Waals surface area contributed by atoms with E-state index in [-0.39, 0.29) is 6.61 Å². The van der Waals surface area contributed by atoms with Crippen LogP contribution in [0.3, 0.4) is 0 Å². The number of aliphatic hydroxyl groups excluding tert-OH is 1. The second kappa shape index (κ2) is 4.20. The maximum atomic E-state index is 8.99. The van der Waals surface area contributed by atoms with Crippen molar-refractivity contribution in [1.29, 1.82) is 0 Å². The lowest BCUT2D eigenvalue weighted by Crippen LogP contribution is -1.98. The number of allylic oxidation sites excluding steroid dienone is 4. The van der Waals surface area contributed by atoms with Gasteiger partial charge in [0, 0.05) is 18.3 Å². The molecule has 0 saturated heterocycles. The third kappa shape index (κ3) is 1.91. The zero-order valence-electron chi connectivity index (χ0n) is 7.93. The average molecular weight is 187 g/mol. The molecule has 0 aliphatic heterocycles. The maximum Gasteiger partial charge on any atom is 0.0696 e. The van der Waals surface area contributed by atoms with Gasteiger partial charge in [-0.15, -0.1) is 0 Å². The highest BCUT2D eigenvalue weighted by Gasteiger charge is 2.08. The number of pyridine rings is 1. The summed E-state index contributed by atoms with van der Waals surface area (Å²) in [5.41, 5.74) is 2.06. The Morgan fingerprint density at radius 1 is 1.36 bits per heavy atom. The van der Waals surface area contributed by atoms with Gasteiger partial charge in [0.1, 0.15) is 0 Å². The first-order chi connectivity index (χ1) is 6.90. The summed E-state index contributed by atoms with van der Waals surface area (Å²) in [5.74, 6) is 0.416. The summed E-state index contributed by atoms with van der Waals surface area (Å²) in [4.78, 5) is 4.11. The maximum absolute atomic E-state index is 8.99. The molecular weight excluding hydrogens is 174 g/mol. The van der Waals surface area contributed by atoms with Gasteiger partial charge in [-0.2, -0.15) is 0 Å². The summed E-state index contributed by atoms with van der Waals surface area (Å²) < 4.78 is 0.